The predicted molar refractivity (Wildman–Crippen MR) is 68.2 cm³/mol. The molecule has 0 radical (unpaired) electrons. The highest BCUT2D eigenvalue weighted by Gasteiger charge is 2.11. The molecule has 0 bridgehead atoms. The maximum absolute atomic E-state index is 11.5. The molecule has 1 aromatic rings. The average molecular weight is 287 g/mol. The van der Waals surface area contributed by atoms with Crippen molar-refractivity contribution in [1.82, 2.24) is 0 Å². The molecule has 0 unspecified atom stereocenters. The first-order chi connectivity index (χ1) is 8.90. The van der Waals surface area contributed by atoms with Crippen molar-refractivity contribution < 1.29 is 19.6 Å². The number of amides is 1. The minimum absolute atomic E-state index is 0.0413. The number of carboxylic acid groups (broad SMARTS) is 1. The van der Waals surface area contributed by atoms with E-state index >= 15 is 0 Å². The van der Waals surface area contributed by atoms with Crippen LogP contribution in [0.3, 0.4) is 0 Å². The van der Waals surface area contributed by atoms with E-state index in [9.17, 15) is 19.7 Å². The lowest BCUT2D eigenvalue weighted by atomic mass is 10.2. The van der Waals surface area contributed by atoms with Crippen LogP contribution in [0.5, 0.6) is 0 Å². The van der Waals surface area contributed by atoms with Gasteiger partial charge in [-0.15, -0.1) is 0 Å². The van der Waals surface area contributed by atoms with E-state index < -0.39 is 16.8 Å². The van der Waals surface area contributed by atoms with Gasteiger partial charge in [0.1, 0.15) is 0 Å². The molecule has 2 N–H and O–H groups in total. The third-order valence-corrected chi connectivity index (χ3v) is 2.54. The number of rotatable bonds is 6. The van der Waals surface area contributed by atoms with Crippen molar-refractivity contribution in [3.63, 3.8) is 0 Å². The summed E-state index contributed by atoms with van der Waals surface area (Å²) >= 11 is 5.79. The summed E-state index contributed by atoms with van der Waals surface area (Å²) in [5.74, 6) is -1.36. The van der Waals surface area contributed by atoms with Crippen molar-refractivity contribution in [3.8, 4) is 0 Å². The summed E-state index contributed by atoms with van der Waals surface area (Å²) in [5.41, 5.74) is 0.0847. The molecule has 0 fully saturated rings. The summed E-state index contributed by atoms with van der Waals surface area (Å²) in [6, 6.07) is 3.68. The first-order valence-electron chi connectivity index (χ1n) is 5.35. The minimum Gasteiger partial charge on any atom is -0.481 e. The zero-order chi connectivity index (χ0) is 14.4. The van der Waals surface area contributed by atoms with E-state index in [-0.39, 0.29) is 35.7 Å². The standard InChI is InChI=1S/C11H11ClN2O5/c12-8-6-7(14(18)19)4-5-9(8)13-10(15)2-1-3-11(16)17/h4-6H,1-3H2,(H,13,15)(H,16,17). The maximum atomic E-state index is 11.5. The summed E-state index contributed by atoms with van der Waals surface area (Å²) in [7, 11) is 0. The number of benzene rings is 1. The molecule has 0 saturated heterocycles. The van der Waals surface area contributed by atoms with Crippen molar-refractivity contribution >= 4 is 34.9 Å². The SMILES string of the molecule is O=C(O)CCCC(=O)Nc1ccc([N+](=O)[O-])cc1Cl. The van der Waals surface area contributed by atoms with Crippen molar-refractivity contribution in [3.05, 3.63) is 33.3 Å². The number of carbonyl (C=O) groups excluding carboxylic acids is 1. The van der Waals surface area contributed by atoms with Gasteiger partial charge in [0, 0.05) is 25.0 Å². The van der Waals surface area contributed by atoms with E-state index in [0.717, 1.165) is 6.07 Å². The highest BCUT2D eigenvalue weighted by Crippen LogP contribution is 2.26. The normalized spacial score (nSPS) is 9.95. The molecule has 1 amide bonds. The van der Waals surface area contributed by atoms with E-state index in [0.29, 0.717) is 0 Å². The Morgan fingerprint density at radius 1 is 1.37 bits per heavy atom. The largest absolute Gasteiger partial charge is 0.481 e. The minimum atomic E-state index is -0.971. The van der Waals surface area contributed by atoms with Crippen LogP contribution in [0, 0.1) is 10.1 Å². The van der Waals surface area contributed by atoms with Gasteiger partial charge in [-0.2, -0.15) is 0 Å². The van der Waals surface area contributed by atoms with Gasteiger partial charge in [-0.25, -0.2) is 0 Å². The summed E-state index contributed by atoms with van der Waals surface area (Å²) < 4.78 is 0. The van der Waals surface area contributed by atoms with Gasteiger partial charge in [-0.05, 0) is 12.5 Å². The van der Waals surface area contributed by atoms with E-state index in [1.807, 2.05) is 0 Å². The van der Waals surface area contributed by atoms with Crippen LogP contribution in [0.15, 0.2) is 18.2 Å². The number of carboxylic acids is 1. The first kappa shape index (κ1) is 14.9. The number of nitrogens with zero attached hydrogens (tertiary/aromatic N) is 1. The van der Waals surface area contributed by atoms with E-state index in [1.54, 1.807) is 0 Å². The van der Waals surface area contributed by atoms with Gasteiger partial charge >= 0.3 is 5.97 Å². The summed E-state index contributed by atoms with van der Waals surface area (Å²) in [4.78, 5) is 31.6. The van der Waals surface area contributed by atoms with Crippen LogP contribution in [0.2, 0.25) is 5.02 Å². The highest BCUT2D eigenvalue weighted by molar-refractivity contribution is 6.33. The number of halogens is 1. The van der Waals surface area contributed by atoms with Gasteiger partial charge in [0.15, 0.2) is 0 Å². The van der Waals surface area contributed by atoms with Gasteiger partial charge in [0.05, 0.1) is 15.6 Å². The molecule has 0 aliphatic rings. The van der Waals surface area contributed by atoms with Crippen LogP contribution in [-0.2, 0) is 9.59 Å². The van der Waals surface area contributed by atoms with Crippen molar-refractivity contribution in [2.75, 3.05) is 5.32 Å². The fourth-order valence-corrected chi connectivity index (χ4v) is 1.55. The summed E-state index contributed by atoms with van der Waals surface area (Å²) in [5, 5.41) is 21.4. The molecule has 7 nitrogen and oxygen atoms in total. The van der Waals surface area contributed by atoms with Crippen LogP contribution in [0.4, 0.5) is 11.4 Å². The molecule has 0 saturated carbocycles. The second-order valence-electron chi connectivity index (χ2n) is 3.72. The lowest BCUT2D eigenvalue weighted by molar-refractivity contribution is -0.384. The Bertz CT molecular complexity index is 518. The lowest BCUT2D eigenvalue weighted by Crippen LogP contribution is -2.12. The number of carbonyl (C=O) groups is 2. The Kier molecular flexibility index (Phi) is 5.25. The van der Waals surface area contributed by atoms with Crippen LogP contribution in [-0.4, -0.2) is 21.9 Å². The number of non-ortho nitro benzene ring substituents is 1. The molecule has 0 heterocycles. The molecule has 0 aliphatic carbocycles. The third kappa shape index (κ3) is 4.92. The Labute approximate surface area is 113 Å². The molecule has 1 aromatic carbocycles. The molecular formula is C11H11ClN2O5. The second-order valence-corrected chi connectivity index (χ2v) is 4.12. The van der Waals surface area contributed by atoms with Crippen LogP contribution >= 0.6 is 11.6 Å². The topological polar surface area (TPSA) is 110 Å². The van der Waals surface area contributed by atoms with Crippen LogP contribution in [0.25, 0.3) is 0 Å². The number of hydrogen-bond donors (Lipinski definition) is 2. The molecule has 8 heteroatoms. The van der Waals surface area contributed by atoms with Crippen molar-refractivity contribution in [2.24, 2.45) is 0 Å². The zero-order valence-corrected chi connectivity index (χ0v) is 10.5. The van der Waals surface area contributed by atoms with Crippen molar-refractivity contribution in [2.45, 2.75) is 19.3 Å². The molecular weight excluding hydrogens is 276 g/mol. The molecule has 0 aliphatic heterocycles. The highest BCUT2D eigenvalue weighted by atomic mass is 35.5. The van der Waals surface area contributed by atoms with E-state index in [2.05, 4.69) is 5.32 Å². The number of anilines is 1. The van der Waals surface area contributed by atoms with Crippen molar-refractivity contribution in [1.29, 1.82) is 0 Å². The quantitative estimate of drug-likeness (QED) is 0.616. The molecule has 0 spiro atoms. The monoisotopic (exact) mass is 286 g/mol. The Morgan fingerprint density at radius 3 is 2.58 bits per heavy atom. The lowest BCUT2D eigenvalue weighted by Gasteiger charge is -2.06. The molecule has 0 aromatic heterocycles. The van der Waals surface area contributed by atoms with Gasteiger partial charge in [0.25, 0.3) is 5.69 Å². The Balaban J connectivity index is 2.59. The number of nitro groups is 1. The fourth-order valence-electron chi connectivity index (χ4n) is 1.33. The van der Waals surface area contributed by atoms with Gasteiger partial charge in [-0.1, -0.05) is 11.6 Å². The predicted octanol–water partition coefficient (Wildman–Crippen LogP) is 2.44. The number of hydrogen-bond acceptors (Lipinski definition) is 4. The van der Waals surface area contributed by atoms with E-state index in [1.165, 1.54) is 12.1 Å². The molecule has 1 rings (SSSR count). The van der Waals surface area contributed by atoms with Gasteiger partial charge in [-0.3, -0.25) is 19.7 Å². The van der Waals surface area contributed by atoms with Crippen LogP contribution in [0.1, 0.15) is 19.3 Å². The average Bonchev–Trinajstić information content (AvgIpc) is 2.31. The Morgan fingerprint density at radius 2 is 2.05 bits per heavy atom. The smallest absolute Gasteiger partial charge is 0.303 e. The van der Waals surface area contributed by atoms with Crippen LogP contribution < -0.4 is 5.32 Å². The second kappa shape index (κ2) is 6.69. The number of nitrogens with one attached hydrogen (secondary N) is 1. The molecule has 102 valence electrons. The zero-order valence-electron chi connectivity index (χ0n) is 9.76. The third-order valence-electron chi connectivity index (χ3n) is 2.23. The number of aliphatic carboxylic acids is 1. The summed E-state index contributed by atoms with van der Waals surface area (Å²) in [6.45, 7) is 0. The molecule has 0 atom stereocenters. The first-order valence-corrected chi connectivity index (χ1v) is 5.73. The summed E-state index contributed by atoms with van der Waals surface area (Å²) in [6.07, 6.45) is 0.160. The van der Waals surface area contributed by atoms with Gasteiger partial charge < -0.3 is 10.4 Å². The Hall–Kier alpha value is -2.15. The number of nitro benzene ring substituents is 1. The molecule has 19 heavy (non-hydrogen) atoms. The fraction of sp³-hybridized carbons (Fsp3) is 0.273. The van der Waals surface area contributed by atoms with Gasteiger partial charge in [0.2, 0.25) is 5.91 Å². The van der Waals surface area contributed by atoms with E-state index in [4.69, 9.17) is 16.7 Å². The maximum Gasteiger partial charge on any atom is 0.303 e.